The lowest BCUT2D eigenvalue weighted by Gasteiger charge is -2.39. The van der Waals surface area contributed by atoms with Crippen LogP contribution in [0.5, 0.6) is 0 Å². The third-order valence-corrected chi connectivity index (χ3v) is 3.36. The van der Waals surface area contributed by atoms with Crippen molar-refractivity contribution in [2.75, 3.05) is 13.2 Å². The zero-order valence-electron chi connectivity index (χ0n) is 11.0. The number of ether oxygens (including phenoxy) is 2. The van der Waals surface area contributed by atoms with E-state index in [2.05, 4.69) is 0 Å². The standard InChI is InChI=1S/C14H20O6/c15-8-10-11(16)12(17)13(18)14(20-10)19-7-6-9-4-2-1-3-5-9/h1-5,10-18H,6-8H2/t10-,11+,12+,13+,14-/m0/s1. The molecule has 0 unspecified atom stereocenters. The monoisotopic (exact) mass is 284 g/mol. The summed E-state index contributed by atoms with van der Waals surface area (Å²) >= 11 is 0. The van der Waals surface area contributed by atoms with E-state index in [1.165, 1.54) is 0 Å². The summed E-state index contributed by atoms with van der Waals surface area (Å²) in [6.45, 7) is -0.157. The number of hydrogen-bond donors (Lipinski definition) is 4. The van der Waals surface area contributed by atoms with E-state index in [9.17, 15) is 15.3 Å². The number of benzene rings is 1. The molecule has 0 amide bonds. The van der Waals surface area contributed by atoms with Gasteiger partial charge in [0.15, 0.2) is 6.29 Å². The minimum Gasteiger partial charge on any atom is -0.394 e. The Kier molecular flexibility index (Phi) is 5.47. The van der Waals surface area contributed by atoms with Gasteiger partial charge in [0.25, 0.3) is 0 Å². The molecule has 0 bridgehead atoms. The Morgan fingerprint density at radius 3 is 2.35 bits per heavy atom. The zero-order valence-corrected chi connectivity index (χ0v) is 11.0. The molecule has 1 aromatic carbocycles. The lowest BCUT2D eigenvalue weighted by Crippen LogP contribution is -2.59. The van der Waals surface area contributed by atoms with Gasteiger partial charge in [-0.3, -0.25) is 0 Å². The molecular formula is C14H20O6. The molecule has 1 aromatic rings. The molecule has 0 aliphatic carbocycles. The highest BCUT2D eigenvalue weighted by atomic mass is 16.7. The molecule has 0 spiro atoms. The average molecular weight is 284 g/mol. The molecule has 1 aliphatic heterocycles. The first kappa shape index (κ1) is 15.4. The summed E-state index contributed by atoms with van der Waals surface area (Å²) in [5.74, 6) is 0. The third-order valence-electron chi connectivity index (χ3n) is 3.36. The smallest absolute Gasteiger partial charge is 0.186 e. The zero-order chi connectivity index (χ0) is 14.5. The summed E-state index contributed by atoms with van der Waals surface area (Å²) in [7, 11) is 0. The Labute approximate surface area is 117 Å². The fraction of sp³-hybridized carbons (Fsp3) is 0.571. The van der Waals surface area contributed by atoms with Gasteiger partial charge in [0, 0.05) is 0 Å². The van der Waals surface area contributed by atoms with Gasteiger partial charge in [-0.25, -0.2) is 0 Å². The summed E-state index contributed by atoms with van der Waals surface area (Å²) in [4.78, 5) is 0. The van der Waals surface area contributed by atoms with Gasteiger partial charge in [-0.05, 0) is 12.0 Å². The van der Waals surface area contributed by atoms with Crippen molar-refractivity contribution in [3.63, 3.8) is 0 Å². The van der Waals surface area contributed by atoms with Crippen molar-refractivity contribution in [1.82, 2.24) is 0 Å². The highest BCUT2D eigenvalue weighted by Gasteiger charge is 2.43. The van der Waals surface area contributed by atoms with Crippen molar-refractivity contribution < 1.29 is 29.9 Å². The molecule has 6 heteroatoms. The Balaban J connectivity index is 1.85. The van der Waals surface area contributed by atoms with Crippen LogP contribution in [0.1, 0.15) is 5.56 Å². The van der Waals surface area contributed by atoms with Gasteiger partial charge in [-0.15, -0.1) is 0 Å². The SMILES string of the molecule is OC[C@@H]1O[C@H](OCCc2ccccc2)[C@H](O)[C@H](O)[C@@H]1O. The van der Waals surface area contributed by atoms with Crippen LogP contribution in [0.2, 0.25) is 0 Å². The lowest BCUT2D eigenvalue weighted by molar-refractivity contribution is -0.300. The molecule has 1 fully saturated rings. The average Bonchev–Trinajstić information content (AvgIpc) is 2.48. The second-order valence-electron chi connectivity index (χ2n) is 4.80. The van der Waals surface area contributed by atoms with Gasteiger partial charge in [-0.2, -0.15) is 0 Å². The fourth-order valence-corrected chi connectivity index (χ4v) is 2.14. The van der Waals surface area contributed by atoms with Crippen LogP contribution >= 0.6 is 0 Å². The van der Waals surface area contributed by atoms with E-state index in [1.54, 1.807) is 0 Å². The van der Waals surface area contributed by atoms with Gasteiger partial charge < -0.3 is 29.9 Å². The number of rotatable bonds is 5. The predicted molar refractivity (Wildman–Crippen MR) is 69.9 cm³/mol. The van der Waals surface area contributed by atoms with Gasteiger partial charge in [0.05, 0.1) is 13.2 Å². The highest BCUT2D eigenvalue weighted by molar-refractivity contribution is 5.14. The van der Waals surface area contributed by atoms with E-state index in [0.717, 1.165) is 5.56 Å². The van der Waals surface area contributed by atoms with Crippen molar-refractivity contribution >= 4 is 0 Å². The lowest BCUT2D eigenvalue weighted by atomic mass is 9.99. The summed E-state index contributed by atoms with van der Waals surface area (Å²) < 4.78 is 10.6. The van der Waals surface area contributed by atoms with Crippen LogP contribution in [-0.4, -0.2) is 64.3 Å². The van der Waals surface area contributed by atoms with Crippen molar-refractivity contribution in [3.05, 3.63) is 35.9 Å². The van der Waals surface area contributed by atoms with Crippen molar-refractivity contribution in [3.8, 4) is 0 Å². The van der Waals surface area contributed by atoms with Crippen LogP contribution in [-0.2, 0) is 15.9 Å². The topological polar surface area (TPSA) is 99.4 Å². The van der Waals surface area contributed by atoms with E-state index in [1.807, 2.05) is 30.3 Å². The molecule has 5 atom stereocenters. The van der Waals surface area contributed by atoms with E-state index in [4.69, 9.17) is 14.6 Å². The summed E-state index contributed by atoms with van der Waals surface area (Å²) in [5, 5.41) is 38.1. The molecular weight excluding hydrogens is 264 g/mol. The Hall–Kier alpha value is -1.02. The third kappa shape index (κ3) is 3.54. The van der Waals surface area contributed by atoms with Crippen LogP contribution in [0.4, 0.5) is 0 Å². The molecule has 4 N–H and O–H groups in total. The Morgan fingerprint density at radius 1 is 1.00 bits per heavy atom. The molecule has 0 aromatic heterocycles. The summed E-state index contributed by atoms with van der Waals surface area (Å²) in [6.07, 6.45) is -5.46. The molecule has 0 radical (unpaired) electrons. The molecule has 1 aliphatic rings. The maximum atomic E-state index is 9.78. The Bertz CT molecular complexity index is 396. The van der Waals surface area contributed by atoms with Gasteiger partial charge in [0.1, 0.15) is 24.4 Å². The van der Waals surface area contributed by atoms with Crippen molar-refractivity contribution in [2.45, 2.75) is 37.1 Å². The maximum Gasteiger partial charge on any atom is 0.186 e. The minimum absolute atomic E-state index is 0.298. The Morgan fingerprint density at radius 2 is 1.70 bits per heavy atom. The second kappa shape index (κ2) is 7.12. The number of aliphatic hydroxyl groups excluding tert-OH is 4. The molecule has 1 saturated heterocycles. The first-order chi connectivity index (χ1) is 9.63. The van der Waals surface area contributed by atoms with Crippen LogP contribution in [0.25, 0.3) is 0 Å². The van der Waals surface area contributed by atoms with Crippen LogP contribution in [0.3, 0.4) is 0 Å². The second-order valence-corrected chi connectivity index (χ2v) is 4.80. The van der Waals surface area contributed by atoms with E-state index >= 15 is 0 Å². The molecule has 112 valence electrons. The normalized spacial score (nSPS) is 34.1. The molecule has 2 rings (SSSR count). The van der Waals surface area contributed by atoms with Crippen molar-refractivity contribution in [1.29, 1.82) is 0 Å². The first-order valence-corrected chi connectivity index (χ1v) is 6.59. The number of aliphatic hydroxyl groups is 4. The van der Waals surface area contributed by atoms with Gasteiger partial charge in [0.2, 0.25) is 0 Å². The molecule has 20 heavy (non-hydrogen) atoms. The minimum atomic E-state index is -1.40. The predicted octanol–water partition coefficient (Wildman–Crippen LogP) is -0.954. The fourth-order valence-electron chi connectivity index (χ4n) is 2.14. The van der Waals surface area contributed by atoms with Gasteiger partial charge >= 0.3 is 0 Å². The van der Waals surface area contributed by atoms with Crippen LogP contribution in [0.15, 0.2) is 30.3 Å². The maximum absolute atomic E-state index is 9.78. The van der Waals surface area contributed by atoms with E-state index < -0.39 is 37.3 Å². The summed E-state index contributed by atoms with van der Waals surface area (Å²) in [6, 6.07) is 9.67. The molecule has 1 heterocycles. The van der Waals surface area contributed by atoms with Gasteiger partial charge in [-0.1, -0.05) is 30.3 Å². The quantitative estimate of drug-likeness (QED) is 0.556. The highest BCUT2D eigenvalue weighted by Crippen LogP contribution is 2.22. The summed E-state index contributed by atoms with van der Waals surface area (Å²) in [5.41, 5.74) is 1.08. The molecule has 0 saturated carbocycles. The largest absolute Gasteiger partial charge is 0.394 e. The molecule has 6 nitrogen and oxygen atoms in total. The van der Waals surface area contributed by atoms with Crippen molar-refractivity contribution in [2.24, 2.45) is 0 Å². The van der Waals surface area contributed by atoms with E-state index in [-0.39, 0.29) is 0 Å². The first-order valence-electron chi connectivity index (χ1n) is 6.59. The van der Waals surface area contributed by atoms with Crippen LogP contribution in [0, 0.1) is 0 Å². The van der Waals surface area contributed by atoms with Crippen LogP contribution < -0.4 is 0 Å². The van der Waals surface area contributed by atoms with E-state index in [0.29, 0.717) is 13.0 Å². The number of hydrogen-bond acceptors (Lipinski definition) is 6.